The van der Waals surface area contributed by atoms with Gasteiger partial charge in [0.1, 0.15) is 5.01 Å². The van der Waals surface area contributed by atoms with Crippen LogP contribution in [0.4, 0.5) is 26.3 Å². The molecule has 0 N–H and O–H groups in total. The Balaban J connectivity index is 1.69. The fourth-order valence-electron chi connectivity index (χ4n) is 3.45. The monoisotopic (exact) mass is 479 g/mol. The van der Waals surface area contributed by atoms with Crippen LogP contribution in [0.15, 0.2) is 76.5 Å². The summed E-state index contributed by atoms with van der Waals surface area (Å²) in [5, 5.41) is 0.497. The Hall–Kier alpha value is -2.78. The lowest BCUT2D eigenvalue weighted by Gasteiger charge is -2.11. The van der Waals surface area contributed by atoms with Crippen LogP contribution in [-0.4, -0.2) is 4.98 Å². The highest BCUT2D eigenvalue weighted by atomic mass is 32.2. The van der Waals surface area contributed by atoms with Gasteiger partial charge < -0.3 is 0 Å². The Kier molecular flexibility index (Phi) is 4.86. The fraction of sp³-hybridized carbons (Fsp3) is 0.0870. The molecule has 0 aliphatic carbocycles. The number of aromatic nitrogens is 1. The van der Waals surface area contributed by atoms with Crippen molar-refractivity contribution in [1.82, 2.24) is 4.98 Å². The summed E-state index contributed by atoms with van der Waals surface area (Å²) in [6.45, 7) is 0. The highest BCUT2D eigenvalue weighted by molar-refractivity contribution is 7.99. The predicted octanol–water partition coefficient (Wildman–Crippen LogP) is 8.65. The highest BCUT2D eigenvalue weighted by Crippen LogP contribution is 2.52. The van der Waals surface area contributed by atoms with Gasteiger partial charge in [-0.15, -0.1) is 11.3 Å². The number of thiazole rings is 1. The Labute approximate surface area is 186 Å². The Morgan fingerprint density at radius 1 is 0.656 bits per heavy atom. The maximum atomic E-state index is 13.3. The molecule has 162 valence electrons. The summed E-state index contributed by atoms with van der Waals surface area (Å²) in [6.07, 6.45) is -8.92. The van der Waals surface area contributed by atoms with Crippen molar-refractivity contribution in [1.29, 1.82) is 0 Å². The number of nitrogens with zero attached hydrogens (tertiary/aromatic N) is 1. The number of rotatable bonds is 1. The van der Waals surface area contributed by atoms with E-state index in [1.54, 1.807) is 0 Å². The standard InChI is InChI=1S/C23H11F6NS2/c24-22(25,26)13-7-5-12(6-8-13)21-30-19-15-10-9-14(23(27,28)29)11-18(15)31-17-4-2-1-3-16(17)20(19)32-21/h1-11H. The quantitative estimate of drug-likeness (QED) is 0.223. The van der Waals surface area contributed by atoms with Crippen LogP contribution in [0.1, 0.15) is 11.1 Å². The average Bonchev–Trinajstić information content (AvgIpc) is 3.13. The molecule has 0 fully saturated rings. The second-order valence-electron chi connectivity index (χ2n) is 7.08. The average molecular weight is 479 g/mol. The molecule has 2 heterocycles. The molecule has 0 saturated carbocycles. The van der Waals surface area contributed by atoms with Gasteiger partial charge in [-0.25, -0.2) is 4.98 Å². The molecule has 0 radical (unpaired) electrons. The maximum absolute atomic E-state index is 13.3. The van der Waals surface area contributed by atoms with Crippen LogP contribution < -0.4 is 0 Å². The van der Waals surface area contributed by atoms with Gasteiger partial charge in [-0.2, -0.15) is 26.3 Å². The number of alkyl halides is 6. The minimum atomic E-state index is -4.47. The van der Waals surface area contributed by atoms with Crippen molar-refractivity contribution in [3.8, 4) is 32.3 Å². The molecular formula is C23H11F6NS2. The molecule has 3 aromatic carbocycles. The topological polar surface area (TPSA) is 12.9 Å². The van der Waals surface area contributed by atoms with E-state index < -0.39 is 23.5 Å². The second kappa shape index (κ2) is 7.38. The third-order valence-corrected chi connectivity index (χ3v) is 7.27. The van der Waals surface area contributed by atoms with E-state index in [1.165, 1.54) is 41.3 Å². The molecule has 0 amide bonds. The van der Waals surface area contributed by atoms with Crippen LogP contribution in [0.5, 0.6) is 0 Å². The van der Waals surface area contributed by atoms with Crippen LogP contribution in [0.25, 0.3) is 32.3 Å². The lowest BCUT2D eigenvalue weighted by atomic mass is 10.0. The largest absolute Gasteiger partial charge is 0.416 e. The van der Waals surface area contributed by atoms with Gasteiger partial charge in [-0.05, 0) is 30.3 Å². The SMILES string of the molecule is FC(F)(F)c1ccc(-c2nc3c(s2)-c2ccccc2Sc2cc(C(F)(F)F)ccc2-3)cc1. The molecule has 32 heavy (non-hydrogen) atoms. The van der Waals surface area contributed by atoms with Crippen LogP contribution in [0, 0.1) is 0 Å². The van der Waals surface area contributed by atoms with Gasteiger partial charge >= 0.3 is 12.4 Å². The van der Waals surface area contributed by atoms with Gasteiger partial charge in [0.2, 0.25) is 0 Å². The van der Waals surface area contributed by atoms with Gasteiger partial charge in [-0.1, -0.05) is 48.2 Å². The lowest BCUT2D eigenvalue weighted by Crippen LogP contribution is -2.05. The van der Waals surface area contributed by atoms with Crippen molar-refractivity contribution >= 4 is 23.1 Å². The summed E-state index contributed by atoms with van der Waals surface area (Å²) in [7, 11) is 0. The van der Waals surface area contributed by atoms with Crippen molar-refractivity contribution in [2.45, 2.75) is 22.1 Å². The molecule has 0 spiro atoms. The number of hydrogen-bond donors (Lipinski definition) is 0. The normalized spacial score (nSPS) is 13.2. The third kappa shape index (κ3) is 3.69. The van der Waals surface area contributed by atoms with Crippen LogP contribution in [0.2, 0.25) is 0 Å². The van der Waals surface area contributed by atoms with E-state index in [1.807, 2.05) is 24.3 Å². The van der Waals surface area contributed by atoms with Crippen molar-refractivity contribution in [3.63, 3.8) is 0 Å². The lowest BCUT2D eigenvalue weighted by molar-refractivity contribution is -0.138. The number of hydrogen-bond acceptors (Lipinski definition) is 3. The maximum Gasteiger partial charge on any atom is 0.416 e. The number of halogens is 6. The van der Waals surface area contributed by atoms with Gasteiger partial charge in [-0.3, -0.25) is 0 Å². The Bertz CT molecular complexity index is 1320. The molecule has 1 aliphatic heterocycles. The van der Waals surface area contributed by atoms with Crippen molar-refractivity contribution in [2.24, 2.45) is 0 Å². The zero-order valence-electron chi connectivity index (χ0n) is 15.9. The molecule has 4 aromatic rings. The molecular weight excluding hydrogens is 468 g/mol. The first-order chi connectivity index (χ1) is 15.1. The molecule has 0 unspecified atom stereocenters. The zero-order valence-corrected chi connectivity index (χ0v) is 17.5. The fourth-order valence-corrected chi connectivity index (χ4v) is 5.76. The van der Waals surface area contributed by atoms with Crippen molar-refractivity contribution < 1.29 is 26.3 Å². The summed E-state index contributed by atoms with van der Waals surface area (Å²) in [5.74, 6) is 0. The molecule has 9 heteroatoms. The number of fused-ring (bicyclic) bond motifs is 5. The first-order valence-corrected chi connectivity index (χ1v) is 10.9. The molecule has 0 bridgehead atoms. The van der Waals surface area contributed by atoms with E-state index in [0.29, 0.717) is 26.7 Å². The summed E-state index contributed by atoms with van der Waals surface area (Å²) >= 11 is 2.55. The van der Waals surface area contributed by atoms with Gasteiger partial charge in [0, 0.05) is 26.5 Å². The van der Waals surface area contributed by atoms with E-state index in [-0.39, 0.29) is 0 Å². The summed E-state index contributed by atoms with van der Waals surface area (Å²) < 4.78 is 78.6. The smallest absolute Gasteiger partial charge is 0.235 e. The minimum Gasteiger partial charge on any atom is -0.235 e. The molecule has 1 nitrogen and oxygen atoms in total. The molecule has 0 atom stereocenters. The summed E-state index contributed by atoms with van der Waals surface area (Å²) in [6, 6.07) is 15.6. The van der Waals surface area contributed by atoms with E-state index in [2.05, 4.69) is 4.98 Å². The Morgan fingerprint density at radius 3 is 2.00 bits per heavy atom. The molecule has 5 rings (SSSR count). The van der Waals surface area contributed by atoms with E-state index in [4.69, 9.17) is 0 Å². The van der Waals surface area contributed by atoms with Gasteiger partial charge in [0.25, 0.3) is 0 Å². The number of benzene rings is 3. The summed E-state index contributed by atoms with van der Waals surface area (Å²) in [5.41, 5.74) is 0.909. The summed E-state index contributed by atoms with van der Waals surface area (Å²) in [4.78, 5) is 6.63. The van der Waals surface area contributed by atoms with Crippen LogP contribution in [0.3, 0.4) is 0 Å². The van der Waals surface area contributed by atoms with Crippen molar-refractivity contribution in [2.75, 3.05) is 0 Å². The van der Waals surface area contributed by atoms with E-state index >= 15 is 0 Å². The second-order valence-corrected chi connectivity index (χ2v) is 9.16. The zero-order chi connectivity index (χ0) is 22.7. The van der Waals surface area contributed by atoms with Crippen LogP contribution in [-0.2, 0) is 12.4 Å². The van der Waals surface area contributed by atoms with Gasteiger partial charge in [0.05, 0.1) is 21.7 Å². The molecule has 0 saturated heterocycles. The van der Waals surface area contributed by atoms with Gasteiger partial charge in [0.15, 0.2) is 0 Å². The van der Waals surface area contributed by atoms with E-state index in [0.717, 1.165) is 39.6 Å². The molecule has 1 aliphatic rings. The Morgan fingerprint density at radius 2 is 1.31 bits per heavy atom. The first-order valence-electron chi connectivity index (χ1n) is 9.28. The third-order valence-electron chi connectivity index (χ3n) is 5.00. The highest BCUT2D eigenvalue weighted by Gasteiger charge is 2.33. The first kappa shape index (κ1) is 21.1. The van der Waals surface area contributed by atoms with Crippen molar-refractivity contribution in [3.05, 3.63) is 77.9 Å². The predicted molar refractivity (Wildman–Crippen MR) is 113 cm³/mol. The van der Waals surface area contributed by atoms with Crippen LogP contribution >= 0.6 is 23.1 Å². The van der Waals surface area contributed by atoms with E-state index in [9.17, 15) is 26.3 Å². The molecule has 1 aromatic heterocycles. The minimum absolute atomic E-state index is 0.426.